The van der Waals surface area contributed by atoms with E-state index < -0.39 is 35.4 Å². The zero-order chi connectivity index (χ0) is 31.7. The van der Waals surface area contributed by atoms with Gasteiger partial charge in [-0.05, 0) is 35.4 Å². The number of halogens is 6. The van der Waals surface area contributed by atoms with Gasteiger partial charge in [-0.1, -0.05) is 97.1 Å². The molecular formula is C34H28F6N2O2. The number of para-hydroxylation sites is 2. The van der Waals surface area contributed by atoms with Crippen molar-refractivity contribution in [3.8, 4) is 0 Å². The van der Waals surface area contributed by atoms with E-state index >= 15 is 0 Å². The van der Waals surface area contributed by atoms with Crippen molar-refractivity contribution in [2.75, 3.05) is 29.4 Å². The highest BCUT2D eigenvalue weighted by molar-refractivity contribution is 6.23. The van der Waals surface area contributed by atoms with Gasteiger partial charge in [0.2, 0.25) is 5.78 Å². The summed E-state index contributed by atoms with van der Waals surface area (Å²) in [6.07, 6.45) is -9.13. The first-order valence-corrected chi connectivity index (χ1v) is 13.6. The number of allylic oxidation sites excluding steroid dienone is 1. The molecule has 0 bridgehead atoms. The van der Waals surface area contributed by atoms with Gasteiger partial charge in [0.15, 0.2) is 0 Å². The van der Waals surface area contributed by atoms with Gasteiger partial charge < -0.3 is 9.80 Å². The second kappa shape index (κ2) is 14.1. The van der Waals surface area contributed by atoms with Crippen LogP contribution in [0, 0.1) is 0 Å². The van der Waals surface area contributed by atoms with Crippen LogP contribution in [-0.2, 0) is 9.59 Å². The van der Waals surface area contributed by atoms with Crippen LogP contribution < -0.4 is 9.80 Å². The van der Waals surface area contributed by atoms with E-state index in [1.807, 2.05) is 0 Å². The van der Waals surface area contributed by atoms with Gasteiger partial charge in [0.1, 0.15) is 0 Å². The van der Waals surface area contributed by atoms with Crippen molar-refractivity contribution in [3.63, 3.8) is 0 Å². The molecule has 4 rings (SSSR count). The molecule has 4 aromatic carbocycles. The Hall–Kier alpha value is -4.86. The predicted molar refractivity (Wildman–Crippen MR) is 158 cm³/mol. The number of anilines is 2. The number of rotatable bonds is 12. The van der Waals surface area contributed by atoms with Crippen LogP contribution in [-0.4, -0.2) is 43.6 Å². The average Bonchev–Trinajstić information content (AvgIpc) is 3.02. The van der Waals surface area contributed by atoms with Gasteiger partial charge in [-0.2, -0.15) is 26.3 Å². The SMILES string of the molecule is O=C(/C(=C\N(CCN(CC(C(=O)C(F)(F)F)c1ccccc1)c1ccccc1)c1ccccc1)c1ccccc1)C(F)(F)F. The third-order valence-corrected chi connectivity index (χ3v) is 6.89. The van der Waals surface area contributed by atoms with E-state index in [0.29, 0.717) is 11.4 Å². The number of nitrogens with zero attached hydrogens (tertiary/aromatic N) is 2. The second-order valence-electron chi connectivity index (χ2n) is 9.87. The molecule has 44 heavy (non-hydrogen) atoms. The number of alkyl halides is 6. The van der Waals surface area contributed by atoms with Gasteiger partial charge in [0, 0.05) is 37.2 Å². The lowest BCUT2D eigenvalue weighted by molar-refractivity contribution is -0.172. The van der Waals surface area contributed by atoms with Crippen molar-refractivity contribution < 1.29 is 35.9 Å². The maximum absolute atomic E-state index is 13.7. The number of benzene rings is 4. The molecule has 0 radical (unpaired) electrons. The number of hydrogen-bond donors (Lipinski definition) is 0. The fourth-order valence-corrected chi connectivity index (χ4v) is 4.71. The molecule has 10 heteroatoms. The quantitative estimate of drug-likeness (QED) is 0.120. The fraction of sp³-hybridized carbons (Fsp3) is 0.176. The Labute approximate surface area is 250 Å². The Bertz CT molecular complexity index is 1540. The van der Waals surface area contributed by atoms with Crippen molar-refractivity contribution in [1.29, 1.82) is 0 Å². The molecule has 0 aliphatic rings. The highest BCUT2D eigenvalue weighted by Crippen LogP contribution is 2.31. The molecule has 0 spiro atoms. The highest BCUT2D eigenvalue weighted by atomic mass is 19.4. The van der Waals surface area contributed by atoms with Gasteiger partial charge in [0.05, 0.1) is 11.5 Å². The van der Waals surface area contributed by atoms with Crippen LogP contribution in [0.3, 0.4) is 0 Å². The maximum Gasteiger partial charge on any atom is 0.454 e. The van der Waals surface area contributed by atoms with Gasteiger partial charge in [0.25, 0.3) is 5.78 Å². The summed E-state index contributed by atoms with van der Waals surface area (Å²) in [6.45, 7) is -0.403. The number of ketones is 2. The van der Waals surface area contributed by atoms with E-state index in [4.69, 9.17) is 0 Å². The van der Waals surface area contributed by atoms with Crippen LogP contribution in [0.15, 0.2) is 128 Å². The molecule has 1 atom stereocenters. The lowest BCUT2D eigenvalue weighted by Gasteiger charge is -2.32. The molecule has 0 aliphatic carbocycles. The molecule has 0 amide bonds. The first-order valence-electron chi connectivity index (χ1n) is 13.6. The van der Waals surface area contributed by atoms with Gasteiger partial charge >= 0.3 is 12.4 Å². The van der Waals surface area contributed by atoms with Crippen LogP contribution in [0.25, 0.3) is 5.57 Å². The average molecular weight is 611 g/mol. The first kappa shape index (κ1) is 32.1. The summed E-state index contributed by atoms with van der Waals surface area (Å²) in [7, 11) is 0. The van der Waals surface area contributed by atoms with E-state index in [9.17, 15) is 35.9 Å². The molecule has 4 aromatic rings. The van der Waals surface area contributed by atoms with Crippen molar-refractivity contribution in [3.05, 3.63) is 139 Å². The van der Waals surface area contributed by atoms with E-state index in [0.717, 1.165) is 6.20 Å². The molecule has 0 heterocycles. The molecule has 0 saturated carbocycles. The normalized spacial score (nSPS) is 12.8. The molecule has 0 fully saturated rings. The van der Waals surface area contributed by atoms with Crippen molar-refractivity contribution in [1.82, 2.24) is 0 Å². The summed E-state index contributed by atoms with van der Waals surface area (Å²) < 4.78 is 82.4. The topological polar surface area (TPSA) is 40.6 Å². The molecule has 4 nitrogen and oxygen atoms in total. The Kier molecular flexibility index (Phi) is 10.3. The van der Waals surface area contributed by atoms with Crippen molar-refractivity contribution in [2.24, 2.45) is 0 Å². The molecule has 0 aromatic heterocycles. The Morgan fingerprint density at radius 1 is 0.614 bits per heavy atom. The predicted octanol–water partition coefficient (Wildman–Crippen LogP) is 8.09. The Balaban J connectivity index is 1.75. The minimum atomic E-state index is -5.15. The minimum absolute atomic E-state index is 0.00778. The lowest BCUT2D eigenvalue weighted by Crippen LogP contribution is -2.40. The summed E-state index contributed by atoms with van der Waals surface area (Å²) in [4.78, 5) is 28.3. The molecule has 0 saturated heterocycles. The van der Waals surface area contributed by atoms with E-state index in [2.05, 4.69) is 0 Å². The van der Waals surface area contributed by atoms with Crippen LogP contribution >= 0.6 is 0 Å². The van der Waals surface area contributed by atoms with Gasteiger partial charge in [-0.15, -0.1) is 0 Å². The van der Waals surface area contributed by atoms with Gasteiger partial charge in [-0.25, -0.2) is 0 Å². The van der Waals surface area contributed by atoms with E-state index in [1.54, 1.807) is 89.8 Å². The van der Waals surface area contributed by atoms with Crippen molar-refractivity contribution in [2.45, 2.75) is 18.3 Å². The second-order valence-corrected chi connectivity index (χ2v) is 9.87. The van der Waals surface area contributed by atoms with Crippen LogP contribution in [0.4, 0.5) is 37.7 Å². The molecular weight excluding hydrogens is 582 g/mol. The highest BCUT2D eigenvalue weighted by Gasteiger charge is 2.44. The minimum Gasteiger partial charge on any atom is -0.369 e. The Morgan fingerprint density at radius 2 is 1.09 bits per heavy atom. The smallest absolute Gasteiger partial charge is 0.369 e. The summed E-state index contributed by atoms with van der Waals surface area (Å²) in [6, 6.07) is 31.8. The third-order valence-electron chi connectivity index (χ3n) is 6.89. The third kappa shape index (κ3) is 8.37. The number of Topliss-reactive ketones (excluding diaryl/α,β-unsaturated/α-hetero) is 2. The summed E-state index contributed by atoms with van der Waals surface area (Å²) in [5, 5.41) is 0. The Morgan fingerprint density at radius 3 is 1.59 bits per heavy atom. The molecule has 0 aliphatic heterocycles. The molecule has 1 unspecified atom stereocenters. The number of hydrogen-bond acceptors (Lipinski definition) is 4. The maximum atomic E-state index is 13.7. The molecule has 0 N–H and O–H groups in total. The molecule has 228 valence electrons. The van der Waals surface area contributed by atoms with Gasteiger partial charge in [-0.3, -0.25) is 9.59 Å². The summed E-state index contributed by atoms with van der Waals surface area (Å²) in [5.74, 6) is -5.51. The van der Waals surface area contributed by atoms with E-state index in [1.165, 1.54) is 41.3 Å². The first-order chi connectivity index (χ1) is 20.9. The largest absolute Gasteiger partial charge is 0.454 e. The summed E-state index contributed by atoms with van der Waals surface area (Å²) in [5.41, 5.74) is 0.598. The zero-order valence-corrected chi connectivity index (χ0v) is 23.3. The fourth-order valence-electron chi connectivity index (χ4n) is 4.71. The van der Waals surface area contributed by atoms with E-state index in [-0.39, 0.29) is 30.8 Å². The van der Waals surface area contributed by atoms with Crippen LogP contribution in [0.1, 0.15) is 17.0 Å². The summed E-state index contributed by atoms with van der Waals surface area (Å²) >= 11 is 0. The van der Waals surface area contributed by atoms with Crippen molar-refractivity contribution >= 4 is 28.5 Å². The van der Waals surface area contributed by atoms with Crippen LogP contribution in [0.5, 0.6) is 0 Å². The monoisotopic (exact) mass is 610 g/mol. The van der Waals surface area contributed by atoms with Crippen LogP contribution in [0.2, 0.25) is 0 Å². The number of carbonyl (C=O) groups is 2. The zero-order valence-electron chi connectivity index (χ0n) is 23.3. The lowest BCUT2D eigenvalue weighted by atomic mass is 9.93. The number of carbonyl (C=O) groups excluding carboxylic acids is 2. The standard InChI is InChI=1S/C34H28F6N2O2/c35-33(36,37)31(43)29(25-13-5-1-6-14-25)23-41(27-17-9-3-10-18-27)21-22-42(28-19-11-4-12-20-28)24-30(32(44)34(38,39)40)26-15-7-2-8-16-26/h1-20,23,30H,21-22,24H2/b29-23-.